The Bertz CT molecular complexity index is 880. The number of carbonyl (C=O) groups is 2. The maximum Gasteiger partial charge on any atom is 0.230 e. The molecule has 1 aliphatic heterocycles. The molecule has 0 unspecified atom stereocenters. The molecule has 2 amide bonds. The first-order valence-corrected chi connectivity index (χ1v) is 10.4. The first-order valence-electron chi connectivity index (χ1n) is 9.59. The van der Waals surface area contributed by atoms with Crippen LogP contribution in [0.4, 0.5) is 10.1 Å². The fraction of sp³-hybridized carbons (Fsp3) is 0.364. The van der Waals surface area contributed by atoms with Gasteiger partial charge in [0.1, 0.15) is 5.82 Å². The van der Waals surface area contributed by atoms with Crippen molar-refractivity contribution < 1.29 is 18.7 Å². The van der Waals surface area contributed by atoms with Gasteiger partial charge in [-0.15, -0.1) is 0 Å². The molecule has 0 atom stereocenters. The Hall–Kier alpha value is -2.25. The van der Waals surface area contributed by atoms with Crippen molar-refractivity contribution in [1.29, 1.82) is 0 Å². The molecule has 2 aromatic rings. The van der Waals surface area contributed by atoms with Gasteiger partial charge < -0.3 is 15.4 Å². The number of rotatable bonds is 6. The number of benzene rings is 2. The van der Waals surface area contributed by atoms with E-state index in [1.54, 1.807) is 12.1 Å². The second-order valence-corrected chi connectivity index (χ2v) is 8.13. The van der Waals surface area contributed by atoms with E-state index in [1.807, 2.05) is 25.1 Å². The maximum absolute atomic E-state index is 13.3. The van der Waals surface area contributed by atoms with Crippen molar-refractivity contribution >= 4 is 33.4 Å². The molecule has 154 valence electrons. The number of nitrogens with one attached hydrogen (secondary N) is 2. The number of carbonyl (C=O) groups excluding carboxylic acids is 2. The zero-order valence-corrected chi connectivity index (χ0v) is 17.9. The van der Waals surface area contributed by atoms with Crippen LogP contribution in [-0.2, 0) is 19.7 Å². The lowest BCUT2D eigenvalue weighted by atomic mass is 9.73. The van der Waals surface area contributed by atoms with Gasteiger partial charge in [-0.05, 0) is 55.2 Å². The van der Waals surface area contributed by atoms with Gasteiger partial charge in [0, 0.05) is 36.3 Å². The highest BCUT2D eigenvalue weighted by molar-refractivity contribution is 9.10. The van der Waals surface area contributed by atoms with E-state index in [-0.39, 0.29) is 30.6 Å². The molecule has 5 nitrogen and oxygen atoms in total. The van der Waals surface area contributed by atoms with Crippen molar-refractivity contribution in [2.24, 2.45) is 0 Å². The smallest absolute Gasteiger partial charge is 0.230 e. The zero-order chi connectivity index (χ0) is 20.9. The van der Waals surface area contributed by atoms with E-state index in [0.717, 1.165) is 21.3 Å². The van der Waals surface area contributed by atoms with Crippen LogP contribution in [0.3, 0.4) is 0 Å². The van der Waals surface area contributed by atoms with Crippen LogP contribution in [0.2, 0.25) is 0 Å². The quantitative estimate of drug-likeness (QED) is 0.679. The molecule has 7 heteroatoms. The number of halogens is 2. The molecule has 0 aliphatic carbocycles. The van der Waals surface area contributed by atoms with Gasteiger partial charge in [-0.2, -0.15) is 0 Å². The first kappa shape index (κ1) is 21.5. The minimum atomic E-state index is -0.761. The molecule has 0 radical (unpaired) electrons. The van der Waals surface area contributed by atoms with Crippen molar-refractivity contribution in [2.45, 2.75) is 31.6 Å². The highest BCUT2D eigenvalue weighted by atomic mass is 79.9. The van der Waals surface area contributed by atoms with Crippen LogP contribution in [0.1, 0.15) is 30.4 Å². The molecule has 0 saturated carbocycles. The number of hydrogen-bond acceptors (Lipinski definition) is 3. The molecule has 29 heavy (non-hydrogen) atoms. The summed E-state index contributed by atoms with van der Waals surface area (Å²) in [5.74, 6) is -0.663. The average molecular weight is 463 g/mol. The molecule has 3 rings (SSSR count). The van der Waals surface area contributed by atoms with Crippen LogP contribution in [0, 0.1) is 12.7 Å². The van der Waals surface area contributed by atoms with Crippen molar-refractivity contribution in [3.63, 3.8) is 0 Å². The van der Waals surface area contributed by atoms with E-state index in [0.29, 0.717) is 26.1 Å². The third kappa shape index (κ3) is 5.22. The Labute approximate surface area is 178 Å². The Morgan fingerprint density at radius 3 is 2.52 bits per heavy atom. The zero-order valence-electron chi connectivity index (χ0n) is 16.3. The standard InChI is InChI=1S/C22H24BrFN2O3/c1-15-2-5-17(23)14-19(15)26-20(27)8-11-25-21(28)22(9-12-29-13-10-22)16-3-6-18(24)7-4-16/h2-7,14H,8-13H2,1H3,(H,25,28)(H,26,27). The molecular formula is C22H24BrFN2O3. The number of amides is 2. The molecule has 1 aliphatic rings. The molecule has 0 spiro atoms. The fourth-order valence-electron chi connectivity index (χ4n) is 3.54. The van der Waals surface area contributed by atoms with E-state index in [4.69, 9.17) is 4.74 Å². The van der Waals surface area contributed by atoms with Gasteiger partial charge in [-0.1, -0.05) is 34.1 Å². The molecule has 2 N–H and O–H groups in total. The molecule has 0 aromatic heterocycles. The summed E-state index contributed by atoms with van der Waals surface area (Å²) in [6.45, 7) is 3.07. The van der Waals surface area contributed by atoms with E-state index >= 15 is 0 Å². The van der Waals surface area contributed by atoms with Gasteiger partial charge in [0.05, 0.1) is 5.41 Å². The van der Waals surface area contributed by atoms with Gasteiger partial charge >= 0.3 is 0 Å². The summed E-state index contributed by atoms with van der Waals surface area (Å²) in [5.41, 5.74) is 1.71. The summed E-state index contributed by atoms with van der Waals surface area (Å²) in [7, 11) is 0. The Morgan fingerprint density at radius 2 is 1.83 bits per heavy atom. The van der Waals surface area contributed by atoms with Crippen LogP contribution in [0.15, 0.2) is 46.9 Å². The number of aryl methyl sites for hydroxylation is 1. The van der Waals surface area contributed by atoms with Crippen LogP contribution in [-0.4, -0.2) is 31.6 Å². The van der Waals surface area contributed by atoms with Crippen molar-refractivity contribution in [3.8, 4) is 0 Å². The van der Waals surface area contributed by atoms with E-state index in [2.05, 4.69) is 26.6 Å². The topological polar surface area (TPSA) is 67.4 Å². The summed E-state index contributed by atoms with van der Waals surface area (Å²) >= 11 is 3.39. The summed E-state index contributed by atoms with van der Waals surface area (Å²) in [5, 5.41) is 5.76. The highest BCUT2D eigenvalue weighted by Crippen LogP contribution is 2.35. The van der Waals surface area contributed by atoms with Gasteiger partial charge in [-0.25, -0.2) is 4.39 Å². The van der Waals surface area contributed by atoms with Gasteiger partial charge in [0.15, 0.2) is 0 Å². The van der Waals surface area contributed by atoms with Gasteiger partial charge in [0.2, 0.25) is 11.8 Å². The van der Waals surface area contributed by atoms with Crippen LogP contribution < -0.4 is 10.6 Å². The van der Waals surface area contributed by atoms with Crippen molar-refractivity contribution in [1.82, 2.24) is 5.32 Å². The summed E-state index contributed by atoms with van der Waals surface area (Å²) < 4.78 is 19.6. The van der Waals surface area contributed by atoms with Crippen LogP contribution in [0.25, 0.3) is 0 Å². The summed E-state index contributed by atoms with van der Waals surface area (Å²) in [6.07, 6.45) is 1.20. The number of ether oxygens (including phenoxy) is 1. The summed E-state index contributed by atoms with van der Waals surface area (Å²) in [4.78, 5) is 25.3. The van der Waals surface area contributed by atoms with E-state index in [1.165, 1.54) is 12.1 Å². The lowest BCUT2D eigenvalue weighted by molar-refractivity contribution is -0.130. The van der Waals surface area contributed by atoms with Crippen LogP contribution in [0.5, 0.6) is 0 Å². The SMILES string of the molecule is Cc1ccc(Br)cc1NC(=O)CCNC(=O)C1(c2ccc(F)cc2)CCOCC1. The third-order valence-electron chi connectivity index (χ3n) is 5.29. The van der Waals surface area contributed by atoms with E-state index < -0.39 is 5.41 Å². The van der Waals surface area contributed by atoms with Gasteiger partial charge in [-0.3, -0.25) is 9.59 Å². The normalized spacial score (nSPS) is 15.6. The first-order chi connectivity index (χ1) is 13.9. The molecular weight excluding hydrogens is 439 g/mol. The Balaban J connectivity index is 1.61. The van der Waals surface area contributed by atoms with Crippen molar-refractivity contribution in [3.05, 3.63) is 63.9 Å². The third-order valence-corrected chi connectivity index (χ3v) is 5.78. The van der Waals surface area contributed by atoms with E-state index in [9.17, 15) is 14.0 Å². The Morgan fingerprint density at radius 1 is 1.14 bits per heavy atom. The predicted molar refractivity (Wildman–Crippen MR) is 113 cm³/mol. The van der Waals surface area contributed by atoms with Crippen LogP contribution >= 0.6 is 15.9 Å². The molecule has 1 fully saturated rings. The molecule has 0 bridgehead atoms. The highest BCUT2D eigenvalue weighted by Gasteiger charge is 2.41. The minimum absolute atomic E-state index is 0.154. The lowest BCUT2D eigenvalue weighted by Gasteiger charge is -2.36. The number of anilines is 1. The second-order valence-electron chi connectivity index (χ2n) is 7.21. The molecule has 1 heterocycles. The summed E-state index contributed by atoms with van der Waals surface area (Å²) in [6, 6.07) is 11.7. The minimum Gasteiger partial charge on any atom is -0.381 e. The van der Waals surface area contributed by atoms with Crippen molar-refractivity contribution in [2.75, 3.05) is 25.1 Å². The maximum atomic E-state index is 13.3. The lowest BCUT2D eigenvalue weighted by Crippen LogP contribution is -2.48. The fourth-order valence-corrected chi connectivity index (χ4v) is 3.90. The average Bonchev–Trinajstić information content (AvgIpc) is 2.71. The molecule has 2 aromatic carbocycles. The predicted octanol–water partition coefficient (Wildman–Crippen LogP) is 4.09. The second kappa shape index (κ2) is 9.50. The van der Waals surface area contributed by atoms with Gasteiger partial charge in [0.25, 0.3) is 0 Å². The molecule has 1 saturated heterocycles. The monoisotopic (exact) mass is 462 g/mol. The Kier molecular flexibility index (Phi) is 7.03. The largest absolute Gasteiger partial charge is 0.381 e. The number of hydrogen-bond donors (Lipinski definition) is 2.